The fraction of sp³-hybridized carbons (Fsp3) is 0.267. The Labute approximate surface area is 111 Å². The number of benzene rings is 1. The first kappa shape index (κ1) is 12.1. The van der Waals surface area contributed by atoms with E-state index in [1.54, 1.807) is 16.7 Å². The molecular weight excluding hydrogens is 243 g/mol. The van der Waals surface area contributed by atoms with Gasteiger partial charge in [-0.15, -0.1) is 0 Å². The van der Waals surface area contributed by atoms with E-state index in [2.05, 4.69) is 5.32 Å². The predicted molar refractivity (Wildman–Crippen MR) is 70.6 cm³/mol. The lowest BCUT2D eigenvalue weighted by atomic mass is 10.1. The Morgan fingerprint density at radius 2 is 2.05 bits per heavy atom. The van der Waals surface area contributed by atoms with Gasteiger partial charge in [0.15, 0.2) is 0 Å². The second-order valence-electron chi connectivity index (χ2n) is 4.78. The fourth-order valence-corrected chi connectivity index (χ4v) is 2.47. The molecule has 2 heterocycles. The van der Waals surface area contributed by atoms with E-state index in [1.165, 1.54) is 17.7 Å². The molecule has 1 aliphatic rings. The number of aromatic nitrogens is 1. The van der Waals surface area contributed by atoms with Crippen LogP contribution in [0.3, 0.4) is 0 Å². The Morgan fingerprint density at radius 1 is 1.26 bits per heavy atom. The molecule has 2 aromatic rings. The molecule has 0 aliphatic carbocycles. The SMILES string of the molecule is O=C(Cc1ccc(F)cc1)n1ccc2c1CCNC2. The van der Waals surface area contributed by atoms with Gasteiger partial charge >= 0.3 is 0 Å². The Bertz CT molecular complexity index is 601. The highest BCUT2D eigenvalue weighted by Gasteiger charge is 2.17. The second kappa shape index (κ2) is 4.97. The highest BCUT2D eigenvalue weighted by molar-refractivity contribution is 5.82. The molecule has 0 unspecified atom stereocenters. The van der Waals surface area contributed by atoms with Crippen molar-refractivity contribution >= 4 is 5.91 Å². The standard InChI is InChI=1S/C15H15FN2O/c16-13-3-1-11(2-4-13)9-15(19)18-8-6-12-10-17-7-5-14(12)18/h1-4,6,8,17H,5,7,9-10H2. The summed E-state index contributed by atoms with van der Waals surface area (Å²) in [6.07, 6.45) is 3.01. The lowest BCUT2D eigenvalue weighted by Crippen LogP contribution is -2.26. The van der Waals surface area contributed by atoms with Crippen molar-refractivity contribution in [3.05, 3.63) is 59.2 Å². The Morgan fingerprint density at radius 3 is 2.84 bits per heavy atom. The number of carbonyl (C=O) groups excluding carboxylic acids is 1. The maximum atomic E-state index is 12.8. The van der Waals surface area contributed by atoms with Crippen molar-refractivity contribution in [3.8, 4) is 0 Å². The zero-order valence-corrected chi connectivity index (χ0v) is 10.5. The molecule has 0 radical (unpaired) electrons. The van der Waals surface area contributed by atoms with Crippen LogP contribution in [0.1, 0.15) is 21.6 Å². The summed E-state index contributed by atoms with van der Waals surface area (Å²) in [5.41, 5.74) is 3.13. The largest absolute Gasteiger partial charge is 0.312 e. The van der Waals surface area contributed by atoms with Gasteiger partial charge in [0.05, 0.1) is 6.42 Å². The maximum Gasteiger partial charge on any atom is 0.235 e. The van der Waals surface area contributed by atoms with Gasteiger partial charge in [0.2, 0.25) is 5.91 Å². The summed E-state index contributed by atoms with van der Waals surface area (Å²) in [6, 6.07) is 8.08. The van der Waals surface area contributed by atoms with E-state index in [-0.39, 0.29) is 11.7 Å². The van der Waals surface area contributed by atoms with Crippen LogP contribution < -0.4 is 5.32 Å². The number of fused-ring (bicyclic) bond motifs is 1. The van der Waals surface area contributed by atoms with Gasteiger partial charge in [-0.2, -0.15) is 0 Å². The van der Waals surface area contributed by atoms with Crippen LogP contribution in [0.25, 0.3) is 0 Å². The van der Waals surface area contributed by atoms with Crippen LogP contribution in [0.2, 0.25) is 0 Å². The van der Waals surface area contributed by atoms with Crippen LogP contribution in [0.4, 0.5) is 4.39 Å². The van der Waals surface area contributed by atoms with Crippen LogP contribution in [-0.4, -0.2) is 17.0 Å². The third kappa shape index (κ3) is 2.44. The second-order valence-corrected chi connectivity index (χ2v) is 4.78. The summed E-state index contributed by atoms with van der Waals surface area (Å²) in [5.74, 6) is -0.240. The van der Waals surface area contributed by atoms with Crippen molar-refractivity contribution in [3.63, 3.8) is 0 Å². The van der Waals surface area contributed by atoms with Gasteiger partial charge in [0.25, 0.3) is 0 Å². The number of hydrogen-bond donors (Lipinski definition) is 1. The lowest BCUT2D eigenvalue weighted by molar-refractivity contribution is 0.0910. The molecule has 0 saturated heterocycles. The number of hydrogen-bond acceptors (Lipinski definition) is 2. The molecule has 19 heavy (non-hydrogen) atoms. The third-order valence-electron chi connectivity index (χ3n) is 3.48. The highest BCUT2D eigenvalue weighted by atomic mass is 19.1. The first-order valence-electron chi connectivity index (χ1n) is 6.41. The summed E-state index contributed by atoms with van der Waals surface area (Å²) in [4.78, 5) is 12.3. The molecule has 1 aromatic carbocycles. The van der Waals surface area contributed by atoms with E-state index in [4.69, 9.17) is 0 Å². The first-order valence-corrected chi connectivity index (χ1v) is 6.41. The Balaban J connectivity index is 1.80. The Hall–Kier alpha value is -1.94. The molecule has 1 aliphatic heterocycles. The van der Waals surface area contributed by atoms with Gasteiger partial charge in [-0.3, -0.25) is 9.36 Å². The molecule has 4 heteroatoms. The van der Waals surface area contributed by atoms with Gasteiger partial charge in [0, 0.05) is 31.4 Å². The third-order valence-corrected chi connectivity index (χ3v) is 3.48. The molecule has 0 atom stereocenters. The molecule has 1 N–H and O–H groups in total. The zero-order chi connectivity index (χ0) is 13.2. The van der Waals surface area contributed by atoms with Crippen molar-refractivity contribution in [2.24, 2.45) is 0 Å². The molecular formula is C15H15FN2O. The molecule has 98 valence electrons. The van der Waals surface area contributed by atoms with E-state index >= 15 is 0 Å². The van der Waals surface area contributed by atoms with E-state index in [0.717, 1.165) is 30.8 Å². The van der Waals surface area contributed by atoms with Crippen LogP contribution >= 0.6 is 0 Å². The van der Waals surface area contributed by atoms with Crippen molar-refractivity contribution in [2.75, 3.05) is 6.54 Å². The molecule has 0 bridgehead atoms. The summed E-state index contributed by atoms with van der Waals surface area (Å²) in [7, 11) is 0. The van der Waals surface area contributed by atoms with Crippen LogP contribution in [-0.2, 0) is 19.4 Å². The summed E-state index contributed by atoms with van der Waals surface area (Å²) in [5, 5.41) is 3.28. The number of rotatable bonds is 2. The van der Waals surface area contributed by atoms with Crippen LogP contribution in [0.15, 0.2) is 36.5 Å². The van der Waals surface area contributed by atoms with Gasteiger partial charge < -0.3 is 5.32 Å². The molecule has 0 saturated carbocycles. The maximum absolute atomic E-state index is 12.8. The van der Waals surface area contributed by atoms with Crippen molar-refractivity contribution in [1.29, 1.82) is 0 Å². The number of nitrogens with one attached hydrogen (secondary N) is 1. The molecule has 1 aromatic heterocycles. The first-order chi connectivity index (χ1) is 9.24. The molecule has 0 spiro atoms. The van der Waals surface area contributed by atoms with Crippen LogP contribution in [0.5, 0.6) is 0 Å². The number of halogens is 1. The minimum absolute atomic E-state index is 0.0368. The smallest absolute Gasteiger partial charge is 0.235 e. The summed E-state index contributed by atoms with van der Waals surface area (Å²) < 4.78 is 14.6. The van der Waals surface area contributed by atoms with Crippen LogP contribution in [0, 0.1) is 5.82 Å². The van der Waals surface area contributed by atoms with E-state index < -0.39 is 0 Å². The van der Waals surface area contributed by atoms with Crippen molar-refractivity contribution in [1.82, 2.24) is 9.88 Å². The molecule has 3 rings (SSSR count). The fourth-order valence-electron chi connectivity index (χ4n) is 2.47. The van der Waals surface area contributed by atoms with E-state index in [1.807, 2.05) is 12.3 Å². The normalized spacial score (nSPS) is 14.2. The van der Waals surface area contributed by atoms with Gasteiger partial charge in [-0.25, -0.2) is 4.39 Å². The average Bonchev–Trinajstić information content (AvgIpc) is 2.85. The van der Waals surface area contributed by atoms with E-state index in [0.29, 0.717) is 6.42 Å². The lowest BCUT2D eigenvalue weighted by Gasteiger charge is -2.16. The minimum Gasteiger partial charge on any atom is -0.312 e. The monoisotopic (exact) mass is 258 g/mol. The number of carbonyl (C=O) groups is 1. The Kier molecular flexibility index (Phi) is 3.17. The highest BCUT2D eigenvalue weighted by Crippen LogP contribution is 2.16. The quantitative estimate of drug-likeness (QED) is 0.895. The van der Waals surface area contributed by atoms with E-state index in [9.17, 15) is 9.18 Å². The molecule has 0 fully saturated rings. The summed E-state index contributed by atoms with van der Waals surface area (Å²) in [6.45, 7) is 1.73. The van der Waals surface area contributed by atoms with Crippen molar-refractivity contribution < 1.29 is 9.18 Å². The number of nitrogens with zero attached hydrogens (tertiary/aromatic N) is 1. The van der Waals surface area contributed by atoms with Gasteiger partial charge in [0.1, 0.15) is 5.82 Å². The average molecular weight is 258 g/mol. The zero-order valence-electron chi connectivity index (χ0n) is 10.5. The van der Waals surface area contributed by atoms with Crippen molar-refractivity contribution in [2.45, 2.75) is 19.4 Å². The minimum atomic E-state index is -0.277. The summed E-state index contributed by atoms with van der Waals surface area (Å²) >= 11 is 0. The predicted octanol–water partition coefficient (Wildman–Crippen LogP) is 2.16. The van der Waals surface area contributed by atoms with Gasteiger partial charge in [-0.05, 0) is 29.3 Å². The molecule has 3 nitrogen and oxygen atoms in total. The topological polar surface area (TPSA) is 34.0 Å². The van der Waals surface area contributed by atoms with Gasteiger partial charge in [-0.1, -0.05) is 12.1 Å². The molecule has 0 amide bonds.